The molecule has 0 aliphatic carbocycles. The fourth-order valence-corrected chi connectivity index (χ4v) is 6.52. The van der Waals surface area contributed by atoms with E-state index in [0.29, 0.717) is 5.56 Å². The van der Waals surface area contributed by atoms with Crippen LogP contribution in [0.15, 0.2) is 94.6 Å². The lowest BCUT2D eigenvalue weighted by atomic mass is 9.79. The Bertz CT molecular complexity index is 1650. The number of hydrogen-bond donors (Lipinski definition) is 4. The number of nitrogens with zero attached hydrogens (tertiary/aromatic N) is 1. The minimum atomic E-state index is -3.85. The minimum Gasteiger partial charge on any atom is -0.358 e. The Morgan fingerprint density at radius 2 is 1.50 bits per heavy atom. The average molecular weight is 608 g/mol. The molecule has 0 spiro atoms. The molecule has 5 rings (SSSR count). The van der Waals surface area contributed by atoms with E-state index in [0.717, 1.165) is 27.8 Å². The first-order valence-electron chi connectivity index (χ1n) is 13.6. The van der Waals surface area contributed by atoms with Gasteiger partial charge in [0, 0.05) is 24.2 Å². The third-order valence-electron chi connectivity index (χ3n) is 7.59. The number of ether oxygens (including phenoxy) is 2. The molecule has 1 aliphatic heterocycles. The molecule has 1 fully saturated rings. The average Bonchev–Trinajstić information content (AvgIpc) is 3.34. The van der Waals surface area contributed by atoms with Gasteiger partial charge >= 0.3 is 5.69 Å². The molecule has 3 aromatic carbocycles. The minimum absolute atomic E-state index is 0.0111. The maximum Gasteiger partial charge on any atom is 0.330 e. The van der Waals surface area contributed by atoms with Crippen molar-refractivity contribution in [3.8, 4) is 0 Å². The van der Waals surface area contributed by atoms with Crippen LogP contribution in [0.25, 0.3) is 0 Å². The summed E-state index contributed by atoms with van der Waals surface area (Å²) < 4.78 is 14.6. The molecule has 2 heterocycles. The quantitative estimate of drug-likeness (QED) is 0.167. The molecule has 42 heavy (non-hydrogen) atoms. The number of H-pyrrole nitrogens is 1. The SMILES string of the molecule is Cc1ccc(C(OC[C@H]2O[C@@H](n3cc(C)c(=O)[nH]c3=O)C[C@@H]2NP(O)(O)=S)(c2ccccc2)c2ccc(C)cc2)cc1. The van der Waals surface area contributed by atoms with Crippen LogP contribution >= 0.6 is 6.64 Å². The Balaban J connectivity index is 1.58. The zero-order chi connectivity index (χ0) is 30.1. The van der Waals surface area contributed by atoms with E-state index in [-0.39, 0.29) is 13.0 Å². The van der Waals surface area contributed by atoms with Crippen LogP contribution in [0, 0.1) is 20.8 Å². The molecule has 220 valence electrons. The number of aromatic amines is 1. The number of aromatic nitrogens is 2. The van der Waals surface area contributed by atoms with Crippen LogP contribution in [0.1, 0.15) is 46.0 Å². The summed E-state index contributed by atoms with van der Waals surface area (Å²) in [5.74, 6) is 0. The summed E-state index contributed by atoms with van der Waals surface area (Å²) in [7, 11) is 0. The number of benzene rings is 3. The molecule has 0 radical (unpaired) electrons. The van der Waals surface area contributed by atoms with Crippen molar-refractivity contribution < 1.29 is 19.3 Å². The van der Waals surface area contributed by atoms with E-state index in [1.54, 1.807) is 6.92 Å². The van der Waals surface area contributed by atoms with Crippen LogP contribution in [-0.2, 0) is 26.9 Å². The van der Waals surface area contributed by atoms with Crippen molar-refractivity contribution in [3.63, 3.8) is 0 Å². The van der Waals surface area contributed by atoms with Gasteiger partial charge in [0.2, 0.25) is 0 Å². The molecule has 0 bridgehead atoms. The molecule has 3 atom stereocenters. The van der Waals surface area contributed by atoms with Crippen LogP contribution < -0.4 is 16.3 Å². The standard InChI is InChI=1S/C31H34N3O6PS/c1-20-9-13-24(14-10-20)31(23-7-5-4-6-8-23,25-15-11-21(2)12-16-25)39-19-27-26(33-41(37,38)42)17-28(40-27)34-18-22(3)29(35)32-30(34)36/h4-16,18,26-28H,17,19H2,1-3H3,(H,32,35,36)(H3,33,37,38,42)/t26-,27+,28+/m0/s1. The fourth-order valence-electron chi connectivity index (χ4n) is 5.41. The second kappa shape index (κ2) is 12.2. The smallest absolute Gasteiger partial charge is 0.330 e. The van der Waals surface area contributed by atoms with Crippen molar-refractivity contribution in [2.75, 3.05) is 6.61 Å². The second-order valence-electron chi connectivity index (χ2n) is 10.7. The molecular formula is C31H34N3O6PS. The van der Waals surface area contributed by atoms with Crippen molar-refractivity contribution in [2.24, 2.45) is 0 Å². The van der Waals surface area contributed by atoms with E-state index in [1.807, 2.05) is 92.7 Å². The van der Waals surface area contributed by atoms with Crippen molar-refractivity contribution in [2.45, 2.75) is 51.2 Å². The van der Waals surface area contributed by atoms with E-state index < -0.39 is 41.9 Å². The highest BCUT2D eigenvalue weighted by Crippen LogP contribution is 2.43. The normalized spacial score (nSPS) is 19.2. The van der Waals surface area contributed by atoms with Gasteiger partial charge < -0.3 is 19.3 Å². The molecule has 4 N–H and O–H groups in total. The van der Waals surface area contributed by atoms with E-state index in [4.69, 9.17) is 21.3 Å². The van der Waals surface area contributed by atoms with Gasteiger partial charge in [-0.05, 0) is 49.3 Å². The summed E-state index contributed by atoms with van der Waals surface area (Å²) in [6.07, 6.45) is 0.0968. The lowest BCUT2D eigenvalue weighted by molar-refractivity contribution is -0.0805. The summed E-state index contributed by atoms with van der Waals surface area (Å²) in [4.78, 5) is 47.3. The molecule has 0 saturated carbocycles. The Morgan fingerprint density at radius 1 is 0.952 bits per heavy atom. The highest BCUT2D eigenvalue weighted by atomic mass is 32.5. The molecule has 4 aromatic rings. The molecule has 0 amide bonds. The zero-order valence-electron chi connectivity index (χ0n) is 23.6. The number of nitrogens with one attached hydrogen (secondary N) is 2. The van der Waals surface area contributed by atoms with Crippen LogP contribution in [0.3, 0.4) is 0 Å². The Hall–Kier alpha value is -3.21. The van der Waals surface area contributed by atoms with Crippen molar-refractivity contribution in [3.05, 3.63) is 139 Å². The van der Waals surface area contributed by atoms with Gasteiger partial charge in [-0.15, -0.1) is 0 Å². The van der Waals surface area contributed by atoms with Crippen LogP contribution in [0.2, 0.25) is 0 Å². The van der Waals surface area contributed by atoms with Gasteiger partial charge in [-0.2, -0.15) is 0 Å². The van der Waals surface area contributed by atoms with E-state index in [9.17, 15) is 19.4 Å². The third kappa shape index (κ3) is 6.40. The predicted octanol–water partition coefficient (Wildman–Crippen LogP) is 3.93. The maximum atomic E-state index is 12.7. The summed E-state index contributed by atoms with van der Waals surface area (Å²) in [5.41, 5.74) is 3.13. The monoisotopic (exact) mass is 607 g/mol. The van der Waals surface area contributed by atoms with Gasteiger partial charge in [0.1, 0.15) is 11.8 Å². The van der Waals surface area contributed by atoms with E-state index >= 15 is 0 Å². The third-order valence-corrected chi connectivity index (χ3v) is 8.57. The topological polar surface area (TPSA) is 126 Å². The largest absolute Gasteiger partial charge is 0.358 e. The van der Waals surface area contributed by atoms with Gasteiger partial charge in [-0.3, -0.25) is 14.3 Å². The van der Waals surface area contributed by atoms with Gasteiger partial charge in [0.25, 0.3) is 12.2 Å². The number of rotatable bonds is 9. The van der Waals surface area contributed by atoms with Gasteiger partial charge in [0.15, 0.2) is 0 Å². The van der Waals surface area contributed by atoms with Gasteiger partial charge in [-0.1, -0.05) is 90.0 Å². The Morgan fingerprint density at radius 3 is 2.05 bits per heavy atom. The lowest BCUT2D eigenvalue weighted by Crippen LogP contribution is -2.41. The highest BCUT2D eigenvalue weighted by molar-refractivity contribution is 8.08. The van der Waals surface area contributed by atoms with Crippen molar-refractivity contribution in [1.29, 1.82) is 0 Å². The summed E-state index contributed by atoms with van der Waals surface area (Å²) in [6, 6.07) is 25.6. The first-order valence-corrected chi connectivity index (χ1v) is 16.3. The predicted molar refractivity (Wildman–Crippen MR) is 165 cm³/mol. The molecule has 9 nitrogen and oxygen atoms in total. The zero-order valence-corrected chi connectivity index (χ0v) is 25.3. The van der Waals surface area contributed by atoms with E-state index in [2.05, 4.69) is 10.1 Å². The number of aryl methyl sites for hydroxylation is 3. The summed E-state index contributed by atoms with van der Waals surface area (Å²) in [6.45, 7) is 1.81. The Labute approximate surface area is 249 Å². The fraction of sp³-hybridized carbons (Fsp3) is 0.290. The van der Waals surface area contributed by atoms with E-state index in [1.165, 1.54) is 10.8 Å². The summed E-state index contributed by atoms with van der Waals surface area (Å²) in [5, 5.41) is 2.73. The lowest BCUT2D eigenvalue weighted by Gasteiger charge is -2.37. The van der Waals surface area contributed by atoms with Crippen molar-refractivity contribution >= 4 is 18.4 Å². The van der Waals surface area contributed by atoms with Crippen molar-refractivity contribution in [1.82, 2.24) is 14.6 Å². The first-order chi connectivity index (χ1) is 20.0. The number of hydrogen-bond acceptors (Lipinski definition) is 5. The molecule has 1 aromatic heterocycles. The highest BCUT2D eigenvalue weighted by Gasteiger charge is 2.43. The van der Waals surface area contributed by atoms with Crippen LogP contribution in [0.4, 0.5) is 0 Å². The van der Waals surface area contributed by atoms with Crippen LogP contribution in [-0.4, -0.2) is 38.1 Å². The molecule has 11 heteroatoms. The summed E-state index contributed by atoms with van der Waals surface area (Å²) >= 11 is 4.90. The molecular weight excluding hydrogens is 573 g/mol. The molecule has 1 saturated heterocycles. The molecule has 0 unspecified atom stereocenters. The Kier molecular flexibility index (Phi) is 8.78. The first kappa shape index (κ1) is 30.3. The second-order valence-corrected chi connectivity index (χ2v) is 13.6. The van der Waals surface area contributed by atoms with Gasteiger partial charge in [-0.25, -0.2) is 9.88 Å². The van der Waals surface area contributed by atoms with Gasteiger partial charge in [0.05, 0.1) is 12.7 Å². The molecule has 1 aliphatic rings. The van der Waals surface area contributed by atoms with Crippen LogP contribution in [0.5, 0.6) is 0 Å². The maximum absolute atomic E-state index is 12.7.